The second-order valence-electron chi connectivity index (χ2n) is 4.87. The van der Waals surface area contributed by atoms with Crippen LogP contribution in [0.2, 0.25) is 0 Å². The Balaban J connectivity index is 2.63. The second-order valence-corrected chi connectivity index (χ2v) is 6.65. The molecule has 0 unspecified atom stereocenters. The van der Waals surface area contributed by atoms with Gasteiger partial charge in [0.1, 0.15) is 0 Å². The number of nitrogens with one attached hydrogen (secondary N) is 1. The number of rotatable bonds is 9. The first-order valence-electron chi connectivity index (χ1n) is 7.02. The summed E-state index contributed by atoms with van der Waals surface area (Å²) in [7, 11) is -1.94. The predicted molar refractivity (Wildman–Crippen MR) is 83.9 cm³/mol. The number of unbranched alkanes of at least 4 members (excludes halogenated alkanes) is 1. The number of anilines is 1. The molecule has 0 fully saturated rings. The van der Waals surface area contributed by atoms with Gasteiger partial charge in [0, 0.05) is 19.3 Å². The molecule has 20 heavy (non-hydrogen) atoms. The Bertz CT molecular complexity index is 486. The molecule has 0 aliphatic heterocycles. The molecule has 6 heteroatoms. The van der Waals surface area contributed by atoms with Gasteiger partial charge in [-0.3, -0.25) is 4.72 Å². The minimum absolute atomic E-state index is 0.417. The van der Waals surface area contributed by atoms with Crippen LogP contribution in [0.15, 0.2) is 24.3 Å². The Kier molecular flexibility index (Phi) is 6.98. The van der Waals surface area contributed by atoms with Crippen molar-refractivity contribution >= 4 is 15.9 Å². The fraction of sp³-hybridized carbons (Fsp3) is 0.571. The maximum absolute atomic E-state index is 12.0. The van der Waals surface area contributed by atoms with Gasteiger partial charge in [0.2, 0.25) is 0 Å². The minimum Gasteiger partial charge on any atom is -0.330 e. The Morgan fingerprint density at radius 1 is 1.20 bits per heavy atom. The van der Waals surface area contributed by atoms with E-state index in [4.69, 9.17) is 5.73 Å². The third-order valence-corrected chi connectivity index (χ3v) is 4.60. The molecule has 1 aromatic carbocycles. The molecule has 0 radical (unpaired) electrons. The SMILES string of the molecule is CCCCc1ccc(NS(=O)(=O)N(C)CCCN)cc1. The number of nitrogens with zero attached hydrogens (tertiary/aromatic N) is 1. The summed E-state index contributed by atoms with van der Waals surface area (Å²) >= 11 is 0. The second kappa shape index (κ2) is 8.24. The van der Waals surface area contributed by atoms with E-state index >= 15 is 0 Å². The van der Waals surface area contributed by atoms with Crippen LogP contribution in [0.25, 0.3) is 0 Å². The van der Waals surface area contributed by atoms with Crippen molar-refractivity contribution in [2.45, 2.75) is 32.6 Å². The summed E-state index contributed by atoms with van der Waals surface area (Å²) in [5.41, 5.74) is 7.20. The summed E-state index contributed by atoms with van der Waals surface area (Å²) in [6, 6.07) is 7.54. The molecule has 0 bridgehead atoms. The smallest absolute Gasteiger partial charge is 0.301 e. The van der Waals surface area contributed by atoms with Crippen LogP contribution in [0, 0.1) is 0 Å². The standard InChI is InChI=1S/C14H25N3O2S/c1-3-4-6-13-7-9-14(10-8-13)16-20(18,19)17(2)12-5-11-15/h7-10,16H,3-6,11-12,15H2,1-2H3. The first-order valence-corrected chi connectivity index (χ1v) is 8.46. The highest BCUT2D eigenvalue weighted by Crippen LogP contribution is 2.14. The number of nitrogens with two attached hydrogens (primary N) is 1. The van der Waals surface area contributed by atoms with Gasteiger partial charge in [-0.25, -0.2) is 0 Å². The van der Waals surface area contributed by atoms with E-state index in [0.29, 0.717) is 25.2 Å². The highest BCUT2D eigenvalue weighted by Gasteiger charge is 2.16. The molecule has 0 spiro atoms. The van der Waals surface area contributed by atoms with E-state index in [-0.39, 0.29) is 0 Å². The molecule has 0 atom stereocenters. The lowest BCUT2D eigenvalue weighted by atomic mass is 10.1. The molecule has 0 saturated heterocycles. The third-order valence-electron chi connectivity index (χ3n) is 3.11. The fourth-order valence-corrected chi connectivity index (χ4v) is 2.74. The zero-order valence-electron chi connectivity index (χ0n) is 12.3. The first kappa shape index (κ1) is 16.9. The van der Waals surface area contributed by atoms with E-state index in [0.717, 1.165) is 19.3 Å². The van der Waals surface area contributed by atoms with Crippen molar-refractivity contribution < 1.29 is 8.42 Å². The lowest BCUT2D eigenvalue weighted by Gasteiger charge is -2.18. The van der Waals surface area contributed by atoms with Crippen LogP contribution in [-0.4, -0.2) is 32.9 Å². The molecular weight excluding hydrogens is 274 g/mol. The Morgan fingerprint density at radius 3 is 2.40 bits per heavy atom. The summed E-state index contributed by atoms with van der Waals surface area (Å²) in [6.45, 7) is 3.05. The normalized spacial score (nSPS) is 11.8. The first-order chi connectivity index (χ1) is 9.49. The van der Waals surface area contributed by atoms with Crippen molar-refractivity contribution in [1.82, 2.24) is 4.31 Å². The maximum atomic E-state index is 12.0. The van der Waals surface area contributed by atoms with E-state index in [9.17, 15) is 8.42 Å². The van der Waals surface area contributed by atoms with E-state index in [2.05, 4.69) is 11.6 Å². The van der Waals surface area contributed by atoms with E-state index < -0.39 is 10.2 Å². The molecule has 1 aromatic rings. The van der Waals surface area contributed by atoms with Crippen molar-refractivity contribution in [2.24, 2.45) is 5.73 Å². The quantitative estimate of drug-likeness (QED) is 0.732. The summed E-state index contributed by atoms with van der Waals surface area (Å²) in [5, 5.41) is 0. The van der Waals surface area contributed by atoms with Crippen LogP contribution in [0.3, 0.4) is 0 Å². The van der Waals surface area contributed by atoms with E-state index in [1.807, 2.05) is 12.1 Å². The zero-order chi connectivity index (χ0) is 15.0. The van der Waals surface area contributed by atoms with Crippen LogP contribution in [0.5, 0.6) is 0 Å². The Hall–Kier alpha value is -1.11. The fourth-order valence-electron chi connectivity index (χ4n) is 1.78. The van der Waals surface area contributed by atoms with Gasteiger partial charge in [-0.15, -0.1) is 0 Å². The maximum Gasteiger partial charge on any atom is 0.301 e. The van der Waals surface area contributed by atoms with Crippen molar-refractivity contribution in [3.8, 4) is 0 Å². The van der Waals surface area contributed by atoms with Crippen molar-refractivity contribution in [3.63, 3.8) is 0 Å². The predicted octanol–water partition coefficient (Wildman–Crippen LogP) is 1.97. The topological polar surface area (TPSA) is 75.4 Å². The molecule has 0 aliphatic carbocycles. The van der Waals surface area contributed by atoms with Crippen LogP contribution in [0.4, 0.5) is 5.69 Å². The number of hydrogen-bond acceptors (Lipinski definition) is 3. The van der Waals surface area contributed by atoms with E-state index in [1.165, 1.54) is 9.87 Å². The number of aryl methyl sites for hydroxylation is 1. The van der Waals surface area contributed by atoms with Crippen molar-refractivity contribution in [1.29, 1.82) is 0 Å². The lowest BCUT2D eigenvalue weighted by Crippen LogP contribution is -2.34. The summed E-state index contributed by atoms with van der Waals surface area (Å²) in [6.07, 6.45) is 3.97. The van der Waals surface area contributed by atoms with Crippen molar-refractivity contribution in [3.05, 3.63) is 29.8 Å². The van der Waals surface area contributed by atoms with Gasteiger partial charge < -0.3 is 5.73 Å². The largest absolute Gasteiger partial charge is 0.330 e. The monoisotopic (exact) mass is 299 g/mol. The molecule has 0 aromatic heterocycles. The molecular formula is C14H25N3O2S. The zero-order valence-corrected chi connectivity index (χ0v) is 13.1. The summed E-state index contributed by atoms with van der Waals surface area (Å²) < 4.78 is 27.9. The number of hydrogen-bond donors (Lipinski definition) is 2. The Labute approximate surface area is 122 Å². The van der Waals surface area contributed by atoms with Crippen LogP contribution in [-0.2, 0) is 16.6 Å². The molecule has 1 rings (SSSR count). The average Bonchev–Trinajstić information content (AvgIpc) is 2.43. The molecule has 0 saturated carbocycles. The van der Waals surface area contributed by atoms with Gasteiger partial charge in [-0.2, -0.15) is 12.7 Å². The number of benzene rings is 1. The Morgan fingerprint density at radius 2 is 1.85 bits per heavy atom. The lowest BCUT2D eigenvalue weighted by molar-refractivity contribution is 0.468. The van der Waals surface area contributed by atoms with Gasteiger partial charge in [0.05, 0.1) is 0 Å². The van der Waals surface area contributed by atoms with Crippen LogP contribution in [0.1, 0.15) is 31.7 Å². The molecule has 5 nitrogen and oxygen atoms in total. The summed E-state index contributed by atoms with van der Waals surface area (Å²) in [5.74, 6) is 0. The van der Waals surface area contributed by atoms with Gasteiger partial charge in [0.25, 0.3) is 0 Å². The van der Waals surface area contributed by atoms with Crippen LogP contribution < -0.4 is 10.5 Å². The van der Waals surface area contributed by atoms with Gasteiger partial charge in [0.15, 0.2) is 0 Å². The summed E-state index contributed by atoms with van der Waals surface area (Å²) in [4.78, 5) is 0. The minimum atomic E-state index is -3.49. The highest BCUT2D eigenvalue weighted by atomic mass is 32.2. The molecule has 0 aliphatic rings. The molecule has 0 heterocycles. The molecule has 114 valence electrons. The molecule has 3 N–H and O–H groups in total. The average molecular weight is 299 g/mol. The van der Waals surface area contributed by atoms with Gasteiger partial charge in [-0.05, 0) is 43.5 Å². The molecule has 0 amide bonds. The van der Waals surface area contributed by atoms with Gasteiger partial charge >= 0.3 is 10.2 Å². The van der Waals surface area contributed by atoms with Gasteiger partial charge in [-0.1, -0.05) is 25.5 Å². The highest BCUT2D eigenvalue weighted by molar-refractivity contribution is 7.90. The van der Waals surface area contributed by atoms with Crippen molar-refractivity contribution in [2.75, 3.05) is 24.9 Å². The van der Waals surface area contributed by atoms with E-state index in [1.54, 1.807) is 19.2 Å². The third kappa shape index (κ3) is 5.48. The van der Waals surface area contributed by atoms with Crippen LogP contribution >= 0.6 is 0 Å².